The third-order valence-corrected chi connectivity index (χ3v) is 7.57. The number of amides is 1. The number of hydrogen-bond acceptors (Lipinski definition) is 9. The molecule has 4 N–H and O–H groups in total. The lowest BCUT2D eigenvalue weighted by atomic mass is 10.0. The van der Waals surface area contributed by atoms with Crippen LogP contribution in [0.3, 0.4) is 0 Å². The van der Waals surface area contributed by atoms with E-state index >= 15 is 0 Å². The average molecular weight is 516 g/mol. The molecule has 1 saturated heterocycles. The van der Waals surface area contributed by atoms with Crippen LogP contribution < -0.4 is 26.2 Å². The molecule has 0 radical (unpaired) electrons. The van der Waals surface area contributed by atoms with E-state index in [1.54, 1.807) is 5.51 Å². The number of benzene rings is 2. The number of anilines is 2. The molecule has 37 heavy (non-hydrogen) atoms. The van der Waals surface area contributed by atoms with Crippen molar-refractivity contribution >= 4 is 39.1 Å². The first kappa shape index (κ1) is 23.8. The highest BCUT2D eigenvalue weighted by Gasteiger charge is 2.18. The number of hydrogen-bond donors (Lipinski definition) is 4. The predicted molar refractivity (Wildman–Crippen MR) is 145 cm³/mol. The Morgan fingerprint density at radius 3 is 2.68 bits per heavy atom. The van der Waals surface area contributed by atoms with E-state index in [-0.39, 0.29) is 18.6 Å². The Morgan fingerprint density at radius 2 is 1.86 bits per heavy atom. The summed E-state index contributed by atoms with van der Waals surface area (Å²) in [5.74, 6) is 2.21. The van der Waals surface area contributed by atoms with Crippen LogP contribution in [-0.2, 0) is 4.79 Å². The third kappa shape index (κ3) is 5.56. The number of aromatic nitrogens is 3. The second kappa shape index (κ2) is 10.8. The Morgan fingerprint density at radius 1 is 1.05 bits per heavy atom. The van der Waals surface area contributed by atoms with Gasteiger partial charge in [-0.1, -0.05) is 37.1 Å². The molecule has 1 aliphatic heterocycles. The molecular formula is C27H29N7O2S. The number of carbonyl (C=O) groups is 1. The predicted octanol–water partition coefficient (Wildman–Crippen LogP) is 4.13. The lowest BCUT2D eigenvalue weighted by Crippen LogP contribution is -2.36. The summed E-state index contributed by atoms with van der Waals surface area (Å²) in [6.45, 7) is 1.84. The molecule has 2 fully saturated rings. The molecule has 1 saturated carbocycles. The third-order valence-electron chi connectivity index (χ3n) is 6.85. The summed E-state index contributed by atoms with van der Waals surface area (Å²) >= 11 is 1.47. The maximum absolute atomic E-state index is 12.3. The van der Waals surface area contributed by atoms with Crippen molar-refractivity contribution in [2.24, 2.45) is 0 Å². The molecule has 6 rings (SSSR count). The van der Waals surface area contributed by atoms with E-state index in [4.69, 9.17) is 14.7 Å². The van der Waals surface area contributed by atoms with Gasteiger partial charge in [-0.25, -0.2) is 15.0 Å². The summed E-state index contributed by atoms with van der Waals surface area (Å²) < 4.78 is 5.79. The lowest BCUT2D eigenvalue weighted by molar-refractivity contribution is -0.123. The minimum Gasteiger partial charge on any atom is -0.484 e. The number of fused-ring (bicyclic) bond motifs is 1. The van der Waals surface area contributed by atoms with Gasteiger partial charge in [-0.2, -0.15) is 0 Å². The summed E-state index contributed by atoms with van der Waals surface area (Å²) in [5.41, 5.74) is 11.9. The van der Waals surface area contributed by atoms with Gasteiger partial charge in [-0.3, -0.25) is 15.6 Å². The highest BCUT2D eigenvalue weighted by Crippen LogP contribution is 2.30. The van der Waals surface area contributed by atoms with Gasteiger partial charge in [-0.05, 0) is 42.7 Å². The van der Waals surface area contributed by atoms with Crippen LogP contribution in [0.4, 0.5) is 11.5 Å². The lowest BCUT2D eigenvalue weighted by Gasteiger charge is -2.13. The van der Waals surface area contributed by atoms with Crippen molar-refractivity contribution in [1.82, 2.24) is 31.1 Å². The summed E-state index contributed by atoms with van der Waals surface area (Å²) in [4.78, 5) is 27.1. The van der Waals surface area contributed by atoms with Crippen LogP contribution in [0.25, 0.3) is 21.7 Å². The van der Waals surface area contributed by atoms with Gasteiger partial charge in [0.1, 0.15) is 16.1 Å². The molecule has 9 nitrogen and oxygen atoms in total. The van der Waals surface area contributed by atoms with Gasteiger partial charge < -0.3 is 15.4 Å². The van der Waals surface area contributed by atoms with Crippen LogP contribution in [0.15, 0.2) is 54.0 Å². The first-order chi connectivity index (χ1) is 18.2. The first-order valence-electron chi connectivity index (χ1n) is 12.7. The van der Waals surface area contributed by atoms with E-state index in [0.29, 0.717) is 23.3 Å². The Kier molecular flexibility index (Phi) is 6.94. The molecule has 3 heterocycles. The van der Waals surface area contributed by atoms with Crippen molar-refractivity contribution in [3.8, 4) is 17.1 Å². The van der Waals surface area contributed by atoms with Gasteiger partial charge >= 0.3 is 0 Å². The van der Waals surface area contributed by atoms with Crippen LogP contribution >= 0.6 is 11.3 Å². The molecule has 2 aromatic heterocycles. The number of carbonyl (C=O) groups excluding carboxylic acids is 1. The zero-order chi connectivity index (χ0) is 25.0. The highest BCUT2D eigenvalue weighted by molar-refractivity contribution is 7.16. The molecular weight excluding hydrogens is 486 g/mol. The second-order valence-electron chi connectivity index (χ2n) is 9.47. The molecule has 1 amide bonds. The number of rotatable bonds is 8. The van der Waals surface area contributed by atoms with Crippen molar-refractivity contribution in [3.63, 3.8) is 0 Å². The summed E-state index contributed by atoms with van der Waals surface area (Å²) in [5, 5.41) is 6.48. The zero-order valence-corrected chi connectivity index (χ0v) is 21.2. The summed E-state index contributed by atoms with van der Waals surface area (Å²) in [6, 6.07) is 16.2. The van der Waals surface area contributed by atoms with E-state index < -0.39 is 0 Å². The zero-order valence-electron chi connectivity index (χ0n) is 20.4. The SMILES string of the molecule is O=C(COc1cccc(-c2nc(Nc3ccc(C4CNNC4)cc3)c3ncsc3n2)c1)NC1CCCC1. The van der Waals surface area contributed by atoms with E-state index in [9.17, 15) is 4.79 Å². The van der Waals surface area contributed by atoms with E-state index in [1.807, 2.05) is 24.3 Å². The van der Waals surface area contributed by atoms with Crippen LogP contribution in [0.5, 0.6) is 5.75 Å². The van der Waals surface area contributed by atoms with Crippen LogP contribution in [0, 0.1) is 0 Å². The fourth-order valence-corrected chi connectivity index (χ4v) is 5.52. The monoisotopic (exact) mass is 515 g/mol. The van der Waals surface area contributed by atoms with Gasteiger partial charge in [0, 0.05) is 36.3 Å². The molecule has 0 bridgehead atoms. The van der Waals surface area contributed by atoms with Gasteiger partial charge in [0.2, 0.25) is 0 Å². The topological polar surface area (TPSA) is 113 Å². The smallest absolute Gasteiger partial charge is 0.258 e. The Hall–Kier alpha value is -3.60. The number of hydrazine groups is 1. The quantitative estimate of drug-likeness (QED) is 0.277. The molecule has 0 spiro atoms. The largest absolute Gasteiger partial charge is 0.484 e. The Labute approximate surface area is 219 Å². The summed E-state index contributed by atoms with van der Waals surface area (Å²) in [7, 11) is 0. The number of nitrogens with one attached hydrogen (secondary N) is 4. The number of ether oxygens (including phenoxy) is 1. The minimum atomic E-state index is -0.0856. The second-order valence-corrected chi connectivity index (χ2v) is 10.3. The molecule has 1 aliphatic carbocycles. The van der Waals surface area contributed by atoms with Crippen LogP contribution in [0.1, 0.15) is 37.2 Å². The van der Waals surface area contributed by atoms with Crippen molar-refractivity contribution in [3.05, 3.63) is 59.6 Å². The standard InChI is InChI=1S/C27H29N7O2S/c35-23(31-20-5-1-2-6-20)15-36-22-7-3-4-18(12-22)25-33-26(24-27(34-25)37-16-28-24)32-21-10-8-17(9-11-21)19-13-29-30-14-19/h3-4,7-12,16,19-20,29-30H,1-2,5-6,13-15H2,(H,31,35)(H,32,33,34). The number of nitrogens with zero attached hydrogens (tertiary/aromatic N) is 3. The van der Waals surface area contributed by atoms with Gasteiger partial charge in [0.15, 0.2) is 18.2 Å². The Bertz CT molecular complexity index is 1380. The van der Waals surface area contributed by atoms with E-state index in [0.717, 1.165) is 47.5 Å². The Balaban J connectivity index is 1.19. The fourth-order valence-electron chi connectivity index (χ4n) is 4.87. The number of thiazole rings is 1. The molecule has 190 valence electrons. The molecule has 2 aliphatic rings. The van der Waals surface area contributed by atoms with E-state index in [2.05, 4.69) is 50.7 Å². The summed E-state index contributed by atoms with van der Waals surface area (Å²) in [6.07, 6.45) is 4.45. The molecule has 0 atom stereocenters. The molecule has 10 heteroatoms. The fraction of sp³-hybridized carbons (Fsp3) is 0.333. The van der Waals surface area contributed by atoms with Crippen molar-refractivity contribution in [1.29, 1.82) is 0 Å². The molecule has 4 aromatic rings. The molecule has 0 unspecified atom stereocenters. The van der Waals surface area contributed by atoms with Gasteiger partial charge in [-0.15, -0.1) is 11.3 Å². The van der Waals surface area contributed by atoms with Crippen LogP contribution in [-0.4, -0.2) is 46.6 Å². The average Bonchev–Trinajstić information content (AvgIpc) is 3.71. The maximum Gasteiger partial charge on any atom is 0.258 e. The maximum atomic E-state index is 12.3. The van der Waals surface area contributed by atoms with Gasteiger partial charge in [0.25, 0.3) is 5.91 Å². The normalized spacial score (nSPS) is 16.3. The van der Waals surface area contributed by atoms with Crippen molar-refractivity contribution < 1.29 is 9.53 Å². The van der Waals surface area contributed by atoms with E-state index in [1.165, 1.54) is 29.7 Å². The van der Waals surface area contributed by atoms with Crippen LogP contribution in [0.2, 0.25) is 0 Å². The first-order valence-corrected chi connectivity index (χ1v) is 13.6. The highest BCUT2D eigenvalue weighted by atomic mass is 32.1. The van der Waals surface area contributed by atoms with Crippen molar-refractivity contribution in [2.45, 2.75) is 37.6 Å². The van der Waals surface area contributed by atoms with Gasteiger partial charge in [0.05, 0.1) is 5.51 Å². The minimum absolute atomic E-state index is 0.00945. The molecule has 2 aromatic carbocycles. The van der Waals surface area contributed by atoms with Crippen molar-refractivity contribution in [2.75, 3.05) is 25.0 Å².